The van der Waals surface area contributed by atoms with E-state index < -0.39 is 18.1 Å². The first kappa shape index (κ1) is 15.8. The molecule has 1 fully saturated rings. The van der Waals surface area contributed by atoms with Gasteiger partial charge in [0.2, 0.25) is 0 Å². The molecule has 2 atom stereocenters. The Bertz CT molecular complexity index is 591. The highest BCUT2D eigenvalue weighted by Gasteiger charge is 2.34. The maximum absolute atomic E-state index is 12.4. The maximum Gasteiger partial charge on any atom is 0.326 e. The highest BCUT2D eigenvalue weighted by atomic mass is 16.5. The lowest BCUT2D eigenvalue weighted by atomic mass is 10.0. The predicted octanol–water partition coefficient (Wildman–Crippen LogP) is 1.79. The number of carbonyl (C=O) groups excluding carboxylic acids is 1. The maximum atomic E-state index is 12.4. The van der Waals surface area contributed by atoms with Crippen LogP contribution in [0.15, 0.2) is 24.3 Å². The molecule has 0 aromatic heterocycles. The van der Waals surface area contributed by atoms with Crippen LogP contribution in [0.4, 0.5) is 0 Å². The van der Waals surface area contributed by atoms with Gasteiger partial charge in [0.1, 0.15) is 11.8 Å². The summed E-state index contributed by atoms with van der Waals surface area (Å²) in [5.41, 5.74) is 0.508. The third-order valence-electron chi connectivity index (χ3n) is 3.71. The first-order valence-electron chi connectivity index (χ1n) is 7.23. The van der Waals surface area contributed by atoms with E-state index in [1.165, 1.54) is 4.90 Å². The molecular formula is C16H18N2O4. The second kappa shape index (κ2) is 6.94. The molecule has 1 aliphatic rings. The van der Waals surface area contributed by atoms with Gasteiger partial charge in [-0.05, 0) is 50.5 Å². The first-order chi connectivity index (χ1) is 10.5. The van der Waals surface area contributed by atoms with Gasteiger partial charge in [-0.25, -0.2) is 4.79 Å². The van der Waals surface area contributed by atoms with E-state index >= 15 is 0 Å². The molecule has 1 amide bonds. The van der Waals surface area contributed by atoms with Gasteiger partial charge < -0.3 is 14.7 Å². The van der Waals surface area contributed by atoms with Crippen molar-refractivity contribution in [1.29, 1.82) is 5.26 Å². The zero-order valence-corrected chi connectivity index (χ0v) is 12.4. The molecule has 0 bridgehead atoms. The summed E-state index contributed by atoms with van der Waals surface area (Å²) >= 11 is 0. The van der Waals surface area contributed by atoms with E-state index in [2.05, 4.69) is 0 Å². The van der Waals surface area contributed by atoms with Gasteiger partial charge in [0.25, 0.3) is 5.91 Å². The highest BCUT2D eigenvalue weighted by Crippen LogP contribution is 2.20. The number of rotatable bonds is 4. The van der Waals surface area contributed by atoms with Crippen LogP contribution in [0, 0.1) is 11.3 Å². The van der Waals surface area contributed by atoms with Gasteiger partial charge in [-0.1, -0.05) is 0 Å². The Morgan fingerprint density at radius 1 is 1.36 bits per heavy atom. The van der Waals surface area contributed by atoms with Crippen LogP contribution < -0.4 is 4.74 Å². The summed E-state index contributed by atoms with van der Waals surface area (Å²) in [7, 11) is 0. The summed E-state index contributed by atoms with van der Waals surface area (Å²) in [6.45, 7) is 2.05. The van der Waals surface area contributed by atoms with Gasteiger partial charge in [-0.15, -0.1) is 0 Å². The van der Waals surface area contributed by atoms with Crippen LogP contribution in [0.5, 0.6) is 5.75 Å². The van der Waals surface area contributed by atoms with Crippen LogP contribution >= 0.6 is 0 Å². The minimum absolute atomic E-state index is 0.323. The molecule has 6 heteroatoms. The van der Waals surface area contributed by atoms with Crippen molar-refractivity contribution in [3.05, 3.63) is 29.8 Å². The lowest BCUT2D eigenvalue weighted by Gasteiger charge is -2.34. The molecule has 0 spiro atoms. The minimum Gasteiger partial charge on any atom is -0.481 e. The second-order valence-electron chi connectivity index (χ2n) is 5.28. The second-order valence-corrected chi connectivity index (χ2v) is 5.28. The molecule has 0 radical (unpaired) electrons. The van der Waals surface area contributed by atoms with Crippen molar-refractivity contribution in [2.75, 3.05) is 6.54 Å². The highest BCUT2D eigenvalue weighted by molar-refractivity contribution is 5.86. The van der Waals surface area contributed by atoms with Crippen molar-refractivity contribution >= 4 is 11.9 Å². The van der Waals surface area contributed by atoms with Gasteiger partial charge in [0, 0.05) is 6.54 Å². The Labute approximate surface area is 128 Å². The van der Waals surface area contributed by atoms with Crippen molar-refractivity contribution in [2.24, 2.45) is 0 Å². The molecule has 1 N–H and O–H groups in total. The van der Waals surface area contributed by atoms with Crippen LogP contribution in [0.3, 0.4) is 0 Å². The quantitative estimate of drug-likeness (QED) is 0.915. The number of nitrogens with zero attached hydrogens (tertiary/aromatic N) is 2. The van der Waals surface area contributed by atoms with Crippen molar-refractivity contribution < 1.29 is 19.4 Å². The van der Waals surface area contributed by atoms with Gasteiger partial charge >= 0.3 is 5.97 Å². The summed E-state index contributed by atoms with van der Waals surface area (Å²) in [5, 5.41) is 18.0. The number of carbonyl (C=O) groups is 2. The third-order valence-corrected chi connectivity index (χ3v) is 3.71. The molecule has 1 aromatic carbocycles. The average molecular weight is 302 g/mol. The summed E-state index contributed by atoms with van der Waals surface area (Å²) < 4.78 is 5.56. The van der Waals surface area contributed by atoms with Gasteiger partial charge in [-0.3, -0.25) is 4.79 Å². The Morgan fingerprint density at radius 3 is 2.64 bits per heavy atom. The normalized spacial score (nSPS) is 19.1. The summed E-state index contributed by atoms with van der Waals surface area (Å²) in [6.07, 6.45) is 1.32. The fraction of sp³-hybridized carbons (Fsp3) is 0.438. The number of nitriles is 1. The number of ether oxygens (including phenoxy) is 1. The zero-order chi connectivity index (χ0) is 16.1. The van der Waals surface area contributed by atoms with Gasteiger partial charge in [-0.2, -0.15) is 5.26 Å². The van der Waals surface area contributed by atoms with E-state index in [-0.39, 0.29) is 5.91 Å². The number of benzene rings is 1. The smallest absolute Gasteiger partial charge is 0.326 e. The number of likely N-dealkylation sites (tertiary alicyclic amines) is 1. The zero-order valence-electron chi connectivity index (χ0n) is 12.4. The van der Waals surface area contributed by atoms with E-state index in [0.29, 0.717) is 24.3 Å². The number of hydrogen-bond donors (Lipinski definition) is 1. The molecule has 2 rings (SSSR count). The lowest BCUT2D eigenvalue weighted by Crippen LogP contribution is -2.52. The Balaban J connectivity index is 2.04. The summed E-state index contributed by atoms with van der Waals surface area (Å²) in [4.78, 5) is 25.1. The predicted molar refractivity (Wildman–Crippen MR) is 78.2 cm³/mol. The molecule has 0 aliphatic carbocycles. The largest absolute Gasteiger partial charge is 0.481 e. The fourth-order valence-electron chi connectivity index (χ4n) is 2.55. The summed E-state index contributed by atoms with van der Waals surface area (Å²) in [6, 6.07) is 7.68. The molecule has 1 aliphatic heterocycles. The van der Waals surface area contributed by atoms with Crippen LogP contribution in [0.2, 0.25) is 0 Å². The van der Waals surface area contributed by atoms with Gasteiger partial charge in [0.05, 0.1) is 11.6 Å². The van der Waals surface area contributed by atoms with Crippen LogP contribution in [0.25, 0.3) is 0 Å². The van der Waals surface area contributed by atoms with E-state index in [1.54, 1.807) is 31.2 Å². The lowest BCUT2D eigenvalue weighted by molar-refractivity contribution is -0.155. The van der Waals surface area contributed by atoms with Gasteiger partial charge in [0.15, 0.2) is 6.10 Å². The van der Waals surface area contributed by atoms with E-state index in [0.717, 1.165) is 12.8 Å². The Hall–Kier alpha value is -2.55. The molecule has 22 heavy (non-hydrogen) atoms. The van der Waals surface area contributed by atoms with Crippen molar-refractivity contribution in [3.8, 4) is 11.8 Å². The average Bonchev–Trinajstić information content (AvgIpc) is 2.54. The van der Waals surface area contributed by atoms with Crippen molar-refractivity contribution in [2.45, 2.75) is 38.3 Å². The number of aliphatic carboxylic acids is 1. The van der Waals surface area contributed by atoms with E-state index in [9.17, 15) is 14.7 Å². The molecule has 1 aromatic rings. The third kappa shape index (κ3) is 3.55. The van der Waals surface area contributed by atoms with E-state index in [4.69, 9.17) is 10.00 Å². The number of amides is 1. The first-order valence-corrected chi connectivity index (χ1v) is 7.23. The SMILES string of the molecule is CC(Oc1ccc(C#N)cc1)C(=O)N1CCCCC1C(=O)O. The number of carboxylic acids is 1. The van der Waals surface area contributed by atoms with Crippen LogP contribution in [0.1, 0.15) is 31.7 Å². The monoisotopic (exact) mass is 302 g/mol. The molecule has 6 nitrogen and oxygen atoms in total. The van der Waals surface area contributed by atoms with Crippen molar-refractivity contribution in [1.82, 2.24) is 4.90 Å². The molecule has 2 unspecified atom stereocenters. The molecule has 1 saturated heterocycles. The number of hydrogen-bond acceptors (Lipinski definition) is 4. The molecule has 116 valence electrons. The van der Waals surface area contributed by atoms with Crippen molar-refractivity contribution in [3.63, 3.8) is 0 Å². The Kier molecular flexibility index (Phi) is 4.99. The van der Waals surface area contributed by atoms with Crippen LogP contribution in [-0.2, 0) is 9.59 Å². The molecule has 0 saturated carbocycles. The standard InChI is InChI=1S/C16H18N2O4/c1-11(22-13-7-5-12(10-17)6-8-13)15(19)18-9-3-2-4-14(18)16(20)21/h5-8,11,14H,2-4,9H2,1H3,(H,20,21). The minimum atomic E-state index is -0.973. The molecular weight excluding hydrogens is 284 g/mol. The number of piperidine rings is 1. The molecule has 1 heterocycles. The van der Waals surface area contributed by atoms with E-state index in [1.807, 2.05) is 6.07 Å². The van der Waals surface area contributed by atoms with Crippen LogP contribution in [-0.4, -0.2) is 40.6 Å². The number of carboxylic acid groups (broad SMARTS) is 1. The fourth-order valence-corrected chi connectivity index (χ4v) is 2.55. The summed E-state index contributed by atoms with van der Waals surface area (Å²) in [5.74, 6) is -0.821. The topological polar surface area (TPSA) is 90.6 Å². The Morgan fingerprint density at radius 2 is 2.05 bits per heavy atom.